The fourth-order valence-electron chi connectivity index (χ4n) is 2.60. The molecular formula is C15H19BrFNO3S. The maximum absolute atomic E-state index is 12.8. The van der Waals surface area contributed by atoms with Gasteiger partial charge in [0.1, 0.15) is 0 Å². The Kier molecular flexibility index (Phi) is 4.69. The van der Waals surface area contributed by atoms with Crippen LogP contribution in [0.15, 0.2) is 22.7 Å². The van der Waals surface area contributed by atoms with E-state index in [-0.39, 0.29) is 24.3 Å². The van der Waals surface area contributed by atoms with Gasteiger partial charge in [-0.25, -0.2) is 0 Å². The highest BCUT2D eigenvalue weighted by Gasteiger charge is 2.34. The van der Waals surface area contributed by atoms with Crippen LogP contribution >= 0.6 is 15.9 Å². The zero-order valence-electron chi connectivity index (χ0n) is 12.8. The lowest BCUT2D eigenvalue weighted by Crippen LogP contribution is -2.26. The van der Waals surface area contributed by atoms with Gasteiger partial charge in [0.15, 0.2) is 0 Å². The van der Waals surface area contributed by atoms with E-state index in [0.717, 1.165) is 10.0 Å². The van der Waals surface area contributed by atoms with Crippen molar-refractivity contribution >= 4 is 37.7 Å². The van der Waals surface area contributed by atoms with Crippen molar-refractivity contribution in [3.63, 3.8) is 0 Å². The number of rotatable bonds is 3. The van der Waals surface area contributed by atoms with Gasteiger partial charge in [0.05, 0.1) is 11.4 Å². The first-order valence-corrected chi connectivity index (χ1v) is 9.34. The van der Waals surface area contributed by atoms with Gasteiger partial charge >= 0.3 is 10.2 Å². The summed E-state index contributed by atoms with van der Waals surface area (Å²) in [6.07, 6.45) is 0.0522. The van der Waals surface area contributed by atoms with Crippen molar-refractivity contribution in [1.82, 2.24) is 0 Å². The van der Waals surface area contributed by atoms with E-state index in [1.165, 1.54) is 4.90 Å². The minimum absolute atomic E-state index is 0.0130. The monoisotopic (exact) mass is 391 g/mol. The standard InChI is InChI=1S/C15H19BrFNO3S/c1-15(2,3)11-4-5-13(12(16)7-11)18-8-10(6-14(18)19)9-22(17,20)21/h4-5,7,10H,6,8-9H2,1-3H3. The van der Waals surface area contributed by atoms with E-state index in [1.807, 2.05) is 18.2 Å². The number of carbonyl (C=O) groups excluding carboxylic acids is 1. The number of hydrogen-bond acceptors (Lipinski definition) is 3. The summed E-state index contributed by atoms with van der Waals surface area (Å²) in [7, 11) is -4.56. The Bertz CT molecular complexity index is 697. The largest absolute Gasteiger partial charge is 0.311 e. The van der Waals surface area contributed by atoms with Crippen LogP contribution in [-0.4, -0.2) is 26.6 Å². The summed E-state index contributed by atoms with van der Waals surface area (Å²) in [4.78, 5) is 13.6. The molecule has 4 nitrogen and oxygen atoms in total. The Labute approximate surface area is 139 Å². The molecule has 1 aliphatic rings. The molecule has 0 aromatic heterocycles. The molecule has 1 aromatic rings. The molecule has 0 aliphatic carbocycles. The number of nitrogens with zero attached hydrogens (tertiary/aromatic N) is 1. The Morgan fingerprint density at radius 2 is 2.00 bits per heavy atom. The third-order valence-electron chi connectivity index (χ3n) is 3.74. The minimum Gasteiger partial charge on any atom is -0.311 e. The van der Waals surface area contributed by atoms with Crippen LogP contribution in [0.5, 0.6) is 0 Å². The van der Waals surface area contributed by atoms with Gasteiger partial charge in [0, 0.05) is 23.4 Å². The molecule has 0 N–H and O–H groups in total. The van der Waals surface area contributed by atoms with E-state index >= 15 is 0 Å². The maximum Gasteiger partial charge on any atom is 0.302 e. The third-order valence-corrected chi connectivity index (χ3v) is 5.25. The van der Waals surface area contributed by atoms with Crippen LogP contribution in [-0.2, 0) is 20.4 Å². The second-order valence-electron chi connectivity index (χ2n) is 6.70. The van der Waals surface area contributed by atoms with Crippen LogP contribution in [0.2, 0.25) is 0 Å². The van der Waals surface area contributed by atoms with Crippen LogP contribution in [0.4, 0.5) is 9.57 Å². The van der Waals surface area contributed by atoms with Gasteiger partial charge < -0.3 is 4.90 Å². The average molecular weight is 392 g/mol. The van der Waals surface area contributed by atoms with E-state index in [4.69, 9.17) is 0 Å². The highest BCUT2D eigenvalue weighted by molar-refractivity contribution is 9.10. The summed E-state index contributed by atoms with van der Waals surface area (Å²) >= 11 is 3.47. The first kappa shape index (κ1) is 17.4. The van der Waals surface area contributed by atoms with Crippen LogP contribution in [0.25, 0.3) is 0 Å². The van der Waals surface area contributed by atoms with Crippen molar-refractivity contribution in [3.8, 4) is 0 Å². The number of hydrogen-bond donors (Lipinski definition) is 0. The predicted octanol–water partition coefficient (Wildman–Crippen LogP) is 3.40. The van der Waals surface area contributed by atoms with Crippen LogP contribution in [0, 0.1) is 5.92 Å². The van der Waals surface area contributed by atoms with Gasteiger partial charge in [-0.2, -0.15) is 8.42 Å². The summed E-state index contributed by atoms with van der Waals surface area (Å²) in [6, 6.07) is 5.75. The predicted molar refractivity (Wildman–Crippen MR) is 88.2 cm³/mol. The summed E-state index contributed by atoms with van der Waals surface area (Å²) in [5, 5.41) is 0. The van der Waals surface area contributed by atoms with E-state index in [1.54, 1.807) is 0 Å². The summed E-state index contributed by atoms with van der Waals surface area (Å²) in [5.74, 6) is -1.29. The topological polar surface area (TPSA) is 54.5 Å². The summed E-state index contributed by atoms with van der Waals surface area (Å²) < 4.78 is 35.1. The molecule has 0 saturated carbocycles. The number of amides is 1. The zero-order valence-corrected chi connectivity index (χ0v) is 15.2. The lowest BCUT2D eigenvalue weighted by atomic mass is 9.87. The van der Waals surface area contributed by atoms with Crippen LogP contribution < -0.4 is 4.90 Å². The normalized spacial score (nSPS) is 19.8. The van der Waals surface area contributed by atoms with Crippen molar-refractivity contribution < 1.29 is 17.1 Å². The lowest BCUT2D eigenvalue weighted by molar-refractivity contribution is -0.117. The maximum atomic E-state index is 12.8. The number of halogens is 2. The minimum atomic E-state index is -4.56. The molecule has 1 unspecified atom stereocenters. The molecule has 1 heterocycles. The molecule has 1 aliphatic heterocycles. The quantitative estimate of drug-likeness (QED) is 0.741. The van der Waals surface area contributed by atoms with Gasteiger partial charge in [0.25, 0.3) is 0 Å². The molecule has 0 spiro atoms. The smallest absolute Gasteiger partial charge is 0.302 e. The highest BCUT2D eigenvalue weighted by Crippen LogP contribution is 2.35. The number of benzene rings is 1. The number of anilines is 1. The second kappa shape index (κ2) is 5.92. The lowest BCUT2D eigenvalue weighted by Gasteiger charge is -2.23. The Morgan fingerprint density at radius 3 is 2.50 bits per heavy atom. The SMILES string of the molecule is CC(C)(C)c1ccc(N2CC(CS(=O)(=O)F)CC2=O)c(Br)c1. The fourth-order valence-corrected chi connectivity index (χ4v) is 3.98. The van der Waals surface area contributed by atoms with Gasteiger partial charge in [-0.1, -0.05) is 26.8 Å². The molecule has 1 atom stereocenters. The Morgan fingerprint density at radius 1 is 1.36 bits per heavy atom. The van der Waals surface area contributed by atoms with Crippen molar-refractivity contribution in [2.24, 2.45) is 5.92 Å². The van der Waals surface area contributed by atoms with Crippen LogP contribution in [0.3, 0.4) is 0 Å². The van der Waals surface area contributed by atoms with Crippen LogP contribution in [0.1, 0.15) is 32.8 Å². The number of carbonyl (C=O) groups is 1. The molecule has 1 amide bonds. The molecule has 0 radical (unpaired) electrons. The van der Waals surface area contributed by atoms with E-state index in [2.05, 4.69) is 36.7 Å². The zero-order chi connectivity index (χ0) is 16.7. The molecule has 0 bridgehead atoms. The summed E-state index contributed by atoms with van der Waals surface area (Å²) in [6.45, 7) is 6.50. The third kappa shape index (κ3) is 4.07. The molecule has 7 heteroatoms. The van der Waals surface area contributed by atoms with Crippen molar-refractivity contribution in [2.75, 3.05) is 17.2 Å². The molecule has 1 saturated heterocycles. The van der Waals surface area contributed by atoms with E-state index in [0.29, 0.717) is 5.69 Å². The Balaban J connectivity index is 2.24. The first-order chi connectivity index (χ1) is 9.97. The molecule has 1 fully saturated rings. The van der Waals surface area contributed by atoms with Gasteiger partial charge in [-0.05, 0) is 39.0 Å². The molecular weight excluding hydrogens is 373 g/mol. The van der Waals surface area contributed by atoms with Crippen molar-refractivity contribution in [2.45, 2.75) is 32.6 Å². The first-order valence-electron chi connectivity index (χ1n) is 7.00. The van der Waals surface area contributed by atoms with Gasteiger partial charge in [-0.3, -0.25) is 4.79 Å². The fraction of sp³-hybridized carbons (Fsp3) is 0.533. The van der Waals surface area contributed by atoms with Gasteiger partial charge in [0.2, 0.25) is 5.91 Å². The molecule has 2 rings (SSSR count). The summed E-state index contributed by atoms with van der Waals surface area (Å²) in [5.41, 5.74) is 1.80. The Hall–Kier alpha value is -0.950. The van der Waals surface area contributed by atoms with E-state index in [9.17, 15) is 17.1 Å². The van der Waals surface area contributed by atoms with Crippen molar-refractivity contribution in [1.29, 1.82) is 0 Å². The van der Waals surface area contributed by atoms with Gasteiger partial charge in [-0.15, -0.1) is 3.89 Å². The second-order valence-corrected chi connectivity index (χ2v) is 8.96. The van der Waals surface area contributed by atoms with Crippen molar-refractivity contribution in [3.05, 3.63) is 28.2 Å². The highest BCUT2D eigenvalue weighted by atomic mass is 79.9. The average Bonchev–Trinajstić information content (AvgIpc) is 2.66. The molecule has 1 aromatic carbocycles. The molecule has 122 valence electrons. The molecule has 22 heavy (non-hydrogen) atoms. The van der Waals surface area contributed by atoms with E-state index < -0.39 is 21.9 Å².